The van der Waals surface area contributed by atoms with Gasteiger partial charge < -0.3 is 5.32 Å². The lowest BCUT2D eigenvalue weighted by Crippen LogP contribution is -2.40. The molecule has 1 aliphatic carbocycles. The maximum Gasteiger partial charge on any atom is 0.0624 e. The third-order valence-corrected chi connectivity index (χ3v) is 4.78. The molecule has 3 heteroatoms. The standard InChI is InChI=1S/C18H33N3/c1-5-19-17(18(2,3)4)12-8-9-15-13-14-21(20-15)16-10-6-7-11-16/h13-14,16-17,19H,5-12H2,1-4H3. The fraction of sp³-hybridized carbons (Fsp3) is 0.833. The van der Waals surface area contributed by atoms with E-state index in [1.165, 1.54) is 44.2 Å². The largest absolute Gasteiger partial charge is 0.314 e. The molecule has 1 aromatic heterocycles. The molecule has 1 heterocycles. The minimum absolute atomic E-state index is 0.333. The molecule has 0 spiro atoms. The fourth-order valence-corrected chi connectivity index (χ4v) is 3.46. The normalized spacial score (nSPS) is 18.3. The van der Waals surface area contributed by atoms with Crippen LogP contribution in [-0.4, -0.2) is 22.4 Å². The Kier molecular flexibility index (Phi) is 5.86. The number of aromatic nitrogens is 2. The average molecular weight is 291 g/mol. The zero-order valence-electron chi connectivity index (χ0n) is 14.4. The first-order valence-corrected chi connectivity index (χ1v) is 8.78. The summed E-state index contributed by atoms with van der Waals surface area (Å²) in [6.45, 7) is 10.2. The third-order valence-electron chi connectivity index (χ3n) is 4.78. The van der Waals surface area contributed by atoms with E-state index in [4.69, 9.17) is 5.10 Å². The molecule has 0 aliphatic heterocycles. The van der Waals surface area contributed by atoms with E-state index in [2.05, 4.69) is 50.0 Å². The summed E-state index contributed by atoms with van der Waals surface area (Å²) < 4.78 is 2.22. The van der Waals surface area contributed by atoms with Gasteiger partial charge in [0, 0.05) is 12.2 Å². The van der Waals surface area contributed by atoms with E-state index in [0.717, 1.165) is 13.0 Å². The highest BCUT2D eigenvalue weighted by Crippen LogP contribution is 2.29. The summed E-state index contributed by atoms with van der Waals surface area (Å²) in [5, 5.41) is 8.43. The first-order chi connectivity index (χ1) is 10.0. The van der Waals surface area contributed by atoms with Gasteiger partial charge in [-0.2, -0.15) is 5.10 Å². The maximum absolute atomic E-state index is 4.79. The van der Waals surface area contributed by atoms with Crippen molar-refractivity contribution >= 4 is 0 Å². The Labute approximate surface area is 130 Å². The van der Waals surface area contributed by atoms with Crippen molar-refractivity contribution in [3.63, 3.8) is 0 Å². The minimum atomic E-state index is 0.333. The second kappa shape index (κ2) is 7.44. The molecule has 120 valence electrons. The predicted octanol–water partition coefficient (Wildman–Crippen LogP) is 4.35. The van der Waals surface area contributed by atoms with Crippen LogP contribution in [0, 0.1) is 5.41 Å². The molecular formula is C18H33N3. The van der Waals surface area contributed by atoms with Gasteiger partial charge in [-0.3, -0.25) is 4.68 Å². The highest BCUT2D eigenvalue weighted by molar-refractivity contribution is 5.00. The Morgan fingerprint density at radius 1 is 1.33 bits per heavy atom. The molecule has 2 rings (SSSR count). The number of nitrogens with one attached hydrogen (secondary N) is 1. The van der Waals surface area contributed by atoms with E-state index in [-0.39, 0.29) is 0 Å². The SMILES string of the molecule is CCNC(CCCc1ccn(C2CCCC2)n1)C(C)(C)C. The number of hydrogen-bond donors (Lipinski definition) is 1. The second-order valence-corrected chi connectivity index (χ2v) is 7.59. The topological polar surface area (TPSA) is 29.9 Å². The van der Waals surface area contributed by atoms with Crippen molar-refractivity contribution in [2.24, 2.45) is 5.41 Å². The van der Waals surface area contributed by atoms with Crippen molar-refractivity contribution in [1.82, 2.24) is 15.1 Å². The molecule has 1 N–H and O–H groups in total. The summed E-state index contributed by atoms with van der Waals surface area (Å²) in [6, 6.07) is 3.49. The van der Waals surface area contributed by atoms with Crippen molar-refractivity contribution < 1.29 is 0 Å². The van der Waals surface area contributed by atoms with Gasteiger partial charge in [0.15, 0.2) is 0 Å². The summed E-state index contributed by atoms with van der Waals surface area (Å²) in [5.74, 6) is 0. The predicted molar refractivity (Wildman–Crippen MR) is 89.6 cm³/mol. The molecule has 0 saturated heterocycles. The summed E-state index contributed by atoms with van der Waals surface area (Å²) in [7, 11) is 0. The fourth-order valence-electron chi connectivity index (χ4n) is 3.46. The van der Waals surface area contributed by atoms with Crippen LogP contribution in [0.5, 0.6) is 0 Å². The van der Waals surface area contributed by atoms with Crippen molar-refractivity contribution in [2.75, 3.05) is 6.54 Å². The molecule has 1 atom stereocenters. The zero-order valence-corrected chi connectivity index (χ0v) is 14.4. The van der Waals surface area contributed by atoms with E-state index in [1.54, 1.807) is 0 Å². The number of aryl methyl sites for hydroxylation is 1. The van der Waals surface area contributed by atoms with E-state index in [1.807, 2.05) is 0 Å². The Morgan fingerprint density at radius 3 is 2.67 bits per heavy atom. The molecule has 1 saturated carbocycles. The van der Waals surface area contributed by atoms with E-state index < -0.39 is 0 Å². The lowest BCUT2D eigenvalue weighted by atomic mass is 9.83. The number of rotatable bonds is 7. The molecule has 21 heavy (non-hydrogen) atoms. The molecule has 0 bridgehead atoms. The maximum atomic E-state index is 4.79. The summed E-state index contributed by atoms with van der Waals surface area (Å²) >= 11 is 0. The Morgan fingerprint density at radius 2 is 2.05 bits per heavy atom. The molecule has 1 unspecified atom stereocenters. The highest BCUT2D eigenvalue weighted by atomic mass is 15.3. The summed E-state index contributed by atoms with van der Waals surface area (Å²) in [6.07, 6.45) is 11.1. The van der Waals surface area contributed by atoms with Gasteiger partial charge in [0.1, 0.15) is 0 Å². The average Bonchev–Trinajstić information content (AvgIpc) is 3.07. The first-order valence-electron chi connectivity index (χ1n) is 8.78. The quantitative estimate of drug-likeness (QED) is 0.809. The Hall–Kier alpha value is -0.830. The number of nitrogens with zero attached hydrogens (tertiary/aromatic N) is 2. The van der Waals surface area contributed by atoms with Crippen LogP contribution in [0.3, 0.4) is 0 Å². The molecule has 1 fully saturated rings. The molecule has 0 aromatic carbocycles. The van der Waals surface area contributed by atoms with E-state index in [0.29, 0.717) is 17.5 Å². The van der Waals surface area contributed by atoms with Gasteiger partial charge in [-0.05, 0) is 50.1 Å². The Balaban J connectivity index is 1.79. The van der Waals surface area contributed by atoms with Gasteiger partial charge >= 0.3 is 0 Å². The highest BCUT2D eigenvalue weighted by Gasteiger charge is 2.23. The Bertz CT molecular complexity index is 410. The van der Waals surface area contributed by atoms with E-state index in [9.17, 15) is 0 Å². The van der Waals surface area contributed by atoms with Crippen LogP contribution in [-0.2, 0) is 6.42 Å². The van der Waals surface area contributed by atoms with Crippen molar-refractivity contribution in [3.05, 3.63) is 18.0 Å². The zero-order chi connectivity index (χ0) is 15.3. The van der Waals surface area contributed by atoms with Gasteiger partial charge in [0.05, 0.1) is 11.7 Å². The molecular weight excluding hydrogens is 258 g/mol. The van der Waals surface area contributed by atoms with Gasteiger partial charge in [0.25, 0.3) is 0 Å². The molecule has 0 amide bonds. The third kappa shape index (κ3) is 4.84. The lowest BCUT2D eigenvalue weighted by Gasteiger charge is -2.31. The van der Waals surface area contributed by atoms with Crippen molar-refractivity contribution in [3.8, 4) is 0 Å². The van der Waals surface area contributed by atoms with Crippen LogP contribution >= 0.6 is 0 Å². The second-order valence-electron chi connectivity index (χ2n) is 7.59. The van der Waals surface area contributed by atoms with Crippen molar-refractivity contribution in [1.29, 1.82) is 0 Å². The molecule has 1 aromatic rings. The minimum Gasteiger partial charge on any atom is -0.314 e. The van der Waals surface area contributed by atoms with Gasteiger partial charge in [-0.1, -0.05) is 40.5 Å². The van der Waals surface area contributed by atoms with Gasteiger partial charge in [-0.15, -0.1) is 0 Å². The van der Waals surface area contributed by atoms with Crippen LogP contribution in [0.15, 0.2) is 12.3 Å². The van der Waals surface area contributed by atoms with Crippen LogP contribution in [0.1, 0.15) is 78.0 Å². The molecule has 3 nitrogen and oxygen atoms in total. The first kappa shape index (κ1) is 16.5. The molecule has 1 aliphatic rings. The van der Waals surface area contributed by atoms with Crippen LogP contribution in [0.25, 0.3) is 0 Å². The van der Waals surface area contributed by atoms with E-state index >= 15 is 0 Å². The van der Waals surface area contributed by atoms with Crippen LogP contribution in [0.4, 0.5) is 0 Å². The summed E-state index contributed by atoms with van der Waals surface area (Å²) in [4.78, 5) is 0. The molecule has 0 radical (unpaired) electrons. The monoisotopic (exact) mass is 291 g/mol. The summed E-state index contributed by atoms with van der Waals surface area (Å²) in [5.41, 5.74) is 1.60. The van der Waals surface area contributed by atoms with Crippen LogP contribution in [0.2, 0.25) is 0 Å². The lowest BCUT2D eigenvalue weighted by molar-refractivity contribution is 0.254. The number of hydrogen-bond acceptors (Lipinski definition) is 2. The van der Waals surface area contributed by atoms with Crippen LogP contribution < -0.4 is 5.32 Å². The van der Waals surface area contributed by atoms with Crippen molar-refractivity contribution in [2.45, 2.75) is 84.7 Å². The van der Waals surface area contributed by atoms with Gasteiger partial charge in [0.2, 0.25) is 0 Å². The van der Waals surface area contributed by atoms with Gasteiger partial charge in [-0.25, -0.2) is 0 Å². The smallest absolute Gasteiger partial charge is 0.0624 e.